The molecule has 2 fully saturated rings. The second kappa shape index (κ2) is 11.1. The molecule has 2 aromatic carbocycles. The molecule has 3 aliphatic rings. The Kier molecular flexibility index (Phi) is 7.17. The molecule has 2 N–H and O–H groups in total. The standard InChI is InChI=1S/C32H34ClN7O2/c1-3-40-30-23(16-27(31(40)41)26-11-8-22(17-28(26)33)29-35-19(2)42-38-29)18-34-32(37-30)36-24-9-6-20(7-10-24)21-12-14-39-13-4-5-25(39)15-21/h6-11,16-19,21,25H,3-5,12-15H2,1-2H3,(H,35,38)(H,34,36,37). The first-order valence-corrected chi connectivity index (χ1v) is 15.2. The van der Waals surface area contributed by atoms with Crippen molar-refractivity contribution in [3.63, 3.8) is 0 Å². The van der Waals surface area contributed by atoms with E-state index in [0.29, 0.717) is 46.0 Å². The number of anilines is 2. The van der Waals surface area contributed by atoms with E-state index in [1.54, 1.807) is 16.8 Å². The summed E-state index contributed by atoms with van der Waals surface area (Å²) in [6.45, 7) is 6.71. The molecule has 3 unspecified atom stereocenters. The van der Waals surface area contributed by atoms with E-state index in [2.05, 4.69) is 49.9 Å². The molecule has 5 heterocycles. The molecule has 0 radical (unpaired) electrons. The molecule has 216 valence electrons. The number of piperidine rings is 1. The van der Waals surface area contributed by atoms with Gasteiger partial charge in [0.2, 0.25) is 5.95 Å². The molecule has 7 rings (SSSR count). The third-order valence-corrected chi connectivity index (χ3v) is 9.08. The molecule has 3 aliphatic heterocycles. The first-order chi connectivity index (χ1) is 20.5. The highest BCUT2D eigenvalue weighted by Crippen LogP contribution is 2.36. The van der Waals surface area contributed by atoms with E-state index in [-0.39, 0.29) is 11.8 Å². The van der Waals surface area contributed by atoms with Crippen LogP contribution in [0.2, 0.25) is 5.02 Å². The molecule has 2 saturated heterocycles. The van der Waals surface area contributed by atoms with Gasteiger partial charge in [-0.15, -0.1) is 0 Å². The summed E-state index contributed by atoms with van der Waals surface area (Å²) in [6.07, 6.45) is 6.64. The van der Waals surface area contributed by atoms with Crippen LogP contribution in [0.3, 0.4) is 0 Å². The molecule has 4 aromatic rings. The molecule has 0 saturated carbocycles. The first kappa shape index (κ1) is 27.1. The number of hydroxylamine groups is 1. The molecule has 9 nitrogen and oxygen atoms in total. The highest BCUT2D eigenvalue weighted by Gasteiger charge is 2.32. The van der Waals surface area contributed by atoms with Crippen LogP contribution < -0.4 is 16.4 Å². The van der Waals surface area contributed by atoms with Gasteiger partial charge in [-0.05, 0) is 88.4 Å². The molecule has 0 amide bonds. The summed E-state index contributed by atoms with van der Waals surface area (Å²) >= 11 is 6.68. The number of rotatable bonds is 6. The number of hydrogen-bond donors (Lipinski definition) is 2. The zero-order valence-corrected chi connectivity index (χ0v) is 24.6. The number of benzene rings is 2. The summed E-state index contributed by atoms with van der Waals surface area (Å²) in [7, 11) is 0. The Morgan fingerprint density at radius 2 is 1.95 bits per heavy atom. The quantitative estimate of drug-likeness (QED) is 0.294. The largest absolute Gasteiger partial charge is 0.324 e. The van der Waals surface area contributed by atoms with E-state index in [1.807, 2.05) is 32.0 Å². The van der Waals surface area contributed by atoms with Crippen molar-refractivity contribution < 1.29 is 4.84 Å². The predicted octanol–water partition coefficient (Wildman–Crippen LogP) is 5.84. The molecule has 42 heavy (non-hydrogen) atoms. The number of hydrogen-bond acceptors (Lipinski definition) is 8. The van der Waals surface area contributed by atoms with E-state index < -0.39 is 0 Å². The van der Waals surface area contributed by atoms with E-state index >= 15 is 0 Å². The first-order valence-electron chi connectivity index (χ1n) is 14.8. The van der Waals surface area contributed by atoms with Gasteiger partial charge in [0.05, 0.1) is 0 Å². The van der Waals surface area contributed by atoms with Crippen molar-refractivity contribution in [3.8, 4) is 11.1 Å². The lowest BCUT2D eigenvalue weighted by Crippen LogP contribution is -2.37. The highest BCUT2D eigenvalue weighted by atomic mass is 35.5. The predicted molar refractivity (Wildman–Crippen MR) is 166 cm³/mol. The van der Waals surface area contributed by atoms with Gasteiger partial charge in [0, 0.05) is 51.6 Å². The van der Waals surface area contributed by atoms with Crippen LogP contribution in [0.15, 0.2) is 64.5 Å². The normalized spacial score (nSPS) is 22.2. The number of halogens is 1. The van der Waals surface area contributed by atoms with E-state index in [0.717, 1.165) is 22.7 Å². The Labute approximate surface area is 249 Å². The topological polar surface area (TPSA) is 96.7 Å². The molecular weight excluding hydrogens is 550 g/mol. The number of nitrogens with zero attached hydrogens (tertiary/aromatic N) is 5. The van der Waals surface area contributed by atoms with Gasteiger partial charge >= 0.3 is 0 Å². The second-order valence-electron chi connectivity index (χ2n) is 11.4. The number of nitrogens with one attached hydrogen (secondary N) is 2. The summed E-state index contributed by atoms with van der Waals surface area (Å²) in [5, 5.41) is 4.54. The SMILES string of the molecule is CCn1c(=O)c(-c2ccc(C3=NC(C)ON3)cc2Cl)cc2cnc(Nc3ccc(C4CCN5CCCC5C4)cc3)nc21. The number of pyridine rings is 1. The third kappa shape index (κ3) is 5.06. The number of amidine groups is 1. The lowest BCUT2D eigenvalue weighted by atomic mass is 9.85. The fourth-order valence-corrected chi connectivity index (χ4v) is 6.87. The van der Waals surface area contributed by atoms with E-state index in [9.17, 15) is 4.79 Å². The van der Waals surface area contributed by atoms with Gasteiger partial charge in [0.15, 0.2) is 12.1 Å². The van der Waals surface area contributed by atoms with E-state index in [4.69, 9.17) is 21.4 Å². The van der Waals surface area contributed by atoms with Crippen molar-refractivity contribution in [1.82, 2.24) is 24.9 Å². The van der Waals surface area contributed by atoms with Gasteiger partial charge in [-0.2, -0.15) is 4.98 Å². The summed E-state index contributed by atoms with van der Waals surface area (Å²) in [5.41, 5.74) is 7.48. The molecule has 0 bridgehead atoms. The Morgan fingerprint density at radius 3 is 2.71 bits per heavy atom. The molecule has 10 heteroatoms. The maximum absolute atomic E-state index is 13.6. The maximum Gasteiger partial charge on any atom is 0.260 e. The maximum atomic E-state index is 13.6. The van der Waals surface area contributed by atoms with Crippen molar-refractivity contribution >= 4 is 40.1 Å². The molecule has 3 atom stereocenters. The van der Waals surface area contributed by atoms with E-state index in [1.165, 1.54) is 44.3 Å². The Balaban J connectivity index is 1.13. The smallest absolute Gasteiger partial charge is 0.260 e. The zero-order chi connectivity index (χ0) is 28.8. The molecule has 2 aromatic heterocycles. The van der Waals surface area contributed by atoms with Crippen LogP contribution in [-0.2, 0) is 11.4 Å². The molecular formula is C32H34ClN7O2. The van der Waals surface area contributed by atoms with Gasteiger partial charge in [0.25, 0.3) is 5.56 Å². The second-order valence-corrected chi connectivity index (χ2v) is 11.8. The minimum atomic E-state index is -0.269. The van der Waals surface area contributed by atoms with Crippen molar-refractivity contribution in [3.05, 3.63) is 81.2 Å². The van der Waals surface area contributed by atoms with Gasteiger partial charge in [-0.3, -0.25) is 9.36 Å². The van der Waals surface area contributed by atoms with Crippen LogP contribution in [0, 0.1) is 0 Å². The number of fused-ring (bicyclic) bond motifs is 2. The summed E-state index contributed by atoms with van der Waals surface area (Å²) in [4.78, 5) is 35.3. The van der Waals surface area contributed by atoms with Gasteiger partial charge < -0.3 is 10.2 Å². The monoisotopic (exact) mass is 583 g/mol. The number of aliphatic imine (C=N–C) groups is 1. The summed E-state index contributed by atoms with van der Waals surface area (Å²) in [5.74, 6) is 1.68. The van der Waals surface area contributed by atoms with Gasteiger partial charge in [-0.1, -0.05) is 35.9 Å². The van der Waals surface area contributed by atoms with Crippen molar-refractivity contribution in [2.45, 2.75) is 64.3 Å². The van der Waals surface area contributed by atoms with Crippen molar-refractivity contribution in [2.24, 2.45) is 4.99 Å². The lowest BCUT2D eigenvalue weighted by molar-refractivity contribution is 0.0504. The summed E-state index contributed by atoms with van der Waals surface area (Å²) in [6, 6.07) is 16.7. The van der Waals surface area contributed by atoms with Crippen LogP contribution in [0.1, 0.15) is 56.6 Å². The van der Waals surface area contributed by atoms with Gasteiger partial charge in [-0.25, -0.2) is 20.3 Å². The molecule has 0 spiro atoms. The van der Waals surface area contributed by atoms with Crippen LogP contribution in [0.5, 0.6) is 0 Å². The Hall–Kier alpha value is -3.79. The fourth-order valence-electron chi connectivity index (χ4n) is 6.59. The average Bonchev–Trinajstić information content (AvgIpc) is 3.66. The Morgan fingerprint density at radius 1 is 1.10 bits per heavy atom. The van der Waals surface area contributed by atoms with Crippen LogP contribution >= 0.6 is 11.6 Å². The van der Waals surface area contributed by atoms with Gasteiger partial charge in [0.1, 0.15) is 5.65 Å². The lowest BCUT2D eigenvalue weighted by Gasteiger charge is -2.35. The summed E-state index contributed by atoms with van der Waals surface area (Å²) < 4.78 is 1.67. The fraction of sp³-hybridized carbons (Fsp3) is 0.375. The minimum absolute atomic E-state index is 0.157. The van der Waals surface area contributed by atoms with Crippen molar-refractivity contribution in [1.29, 1.82) is 0 Å². The Bertz CT molecular complexity index is 1740. The van der Waals surface area contributed by atoms with Crippen LogP contribution in [0.4, 0.5) is 11.6 Å². The zero-order valence-electron chi connectivity index (χ0n) is 23.8. The third-order valence-electron chi connectivity index (χ3n) is 8.77. The van der Waals surface area contributed by atoms with Crippen LogP contribution in [0.25, 0.3) is 22.2 Å². The number of aromatic nitrogens is 3. The number of aryl methyl sites for hydroxylation is 1. The highest BCUT2D eigenvalue weighted by molar-refractivity contribution is 6.33. The van der Waals surface area contributed by atoms with Crippen LogP contribution in [-0.4, -0.2) is 50.6 Å². The average molecular weight is 584 g/mol. The minimum Gasteiger partial charge on any atom is -0.324 e. The molecule has 0 aliphatic carbocycles. The van der Waals surface area contributed by atoms with Crippen molar-refractivity contribution in [2.75, 3.05) is 18.4 Å².